The van der Waals surface area contributed by atoms with Gasteiger partial charge in [-0.1, -0.05) is 64.7 Å². The Morgan fingerprint density at radius 3 is 1.59 bits per heavy atom. The second kappa shape index (κ2) is 13.8. The Labute approximate surface area is 134 Å². The first kappa shape index (κ1) is 20.6. The second-order valence-electron chi connectivity index (χ2n) is 4.47. The Balaban J connectivity index is 0. The molecule has 0 saturated heterocycles. The van der Waals surface area contributed by atoms with Crippen LogP contribution in [0.25, 0.3) is 0 Å². The van der Waals surface area contributed by atoms with Gasteiger partial charge in [0.15, 0.2) is 0 Å². The van der Waals surface area contributed by atoms with Crippen LogP contribution in [0.3, 0.4) is 0 Å². The van der Waals surface area contributed by atoms with E-state index in [1.807, 2.05) is 0 Å². The fourth-order valence-electron chi connectivity index (χ4n) is 1.77. The quantitative estimate of drug-likeness (QED) is 0.465. The van der Waals surface area contributed by atoms with E-state index in [4.69, 9.17) is 4.55 Å². The normalized spacial score (nSPS) is 14.0. The Morgan fingerprint density at radius 1 is 0.882 bits per heavy atom. The summed E-state index contributed by atoms with van der Waals surface area (Å²) in [6, 6.07) is 0. The van der Waals surface area contributed by atoms with Crippen LogP contribution >= 0.6 is 0 Å². The summed E-state index contributed by atoms with van der Waals surface area (Å²) in [5, 5.41) is 0. The van der Waals surface area contributed by atoms with Crippen molar-refractivity contribution < 1.29 is 8.76 Å². The van der Waals surface area contributed by atoms with Crippen molar-refractivity contribution in [3.63, 3.8) is 0 Å². The first-order valence-corrected chi connectivity index (χ1v) is 9.12. The van der Waals surface area contributed by atoms with Crippen LogP contribution in [0.15, 0.2) is 0 Å². The molecule has 0 rings (SSSR count). The molecule has 99 valence electrons. The standard InChI is InChI=1S/C12H26O2S2.Na/c1-2-3-4-5-6-7-8-9-10-11-12-16(13,14)15;/h2-12H2,1H3,(H,13,14,15);. The molecule has 0 amide bonds. The minimum atomic E-state index is -2.90. The fourth-order valence-corrected chi connectivity index (χ4v) is 2.69. The van der Waals surface area contributed by atoms with Gasteiger partial charge in [-0.25, -0.2) is 4.21 Å². The summed E-state index contributed by atoms with van der Waals surface area (Å²) >= 11 is 4.43. The zero-order valence-corrected chi connectivity index (χ0v) is 15.1. The number of unbranched alkanes of at least 4 members (excludes halogenated alkanes) is 9. The van der Waals surface area contributed by atoms with Crippen LogP contribution < -0.4 is 0 Å². The van der Waals surface area contributed by atoms with E-state index in [0.717, 1.165) is 12.8 Å². The van der Waals surface area contributed by atoms with Crippen LogP contribution in [0.5, 0.6) is 0 Å². The van der Waals surface area contributed by atoms with E-state index >= 15 is 0 Å². The van der Waals surface area contributed by atoms with Crippen LogP contribution in [0.2, 0.25) is 0 Å². The van der Waals surface area contributed by atoms with Gasteiger partial charge in [0.2, 0.25) is 0 Å². The van der Waals surface area contributed by atoms with Crippen LogP contribution in [-0.2, 0) is 20.0 Å². The molecule has 0 heterocycles. The third-order valence-corrected chi connectivity index (χ3v) is 4.06. The summed E-state index contributed by atoms with van der Waals surface area (Å²) in [6.45, 7) is 2.23. The number of hydrogen-bond acceptors (Lipinski definition) is 2. The minimum Gasteiger partial charge on any atom is -0.306 e. The van der Waals surface area contributed by atoms with Gasteiger partial charge in [0.1, 0.15) is 8.77 Å². The van der Waals surface area contributed by atoms with Crippen molar-refractivity contribution in [3.05, 3.63) is 0 Å². The fraction of sp³-hybridized carbons (Fsp3) is 1.00. The van der Waals surface area contributed by atoms with Gasteiger partial charge in [0, 0.05) is 46.5 Å². The van der Waals surface area contributed by atoms with E-state index in [9.17, 15) is 4.21 Å². The molecule has 0 aliphatic carbocycles. The van der Waals surface area contributed by atoms with E-state index in [0.29, 0.717) is 5.75 Å². The molecular formula is C12H26NaO2S2. The summed E-state index contributed by atoms with van der Waals surface area (Å²) in [6.07, 6.45) is 12.4. The zero-order chi connectivity index (χ0) is 12.3. The van der Waals surface area contributed by atoms with E-state index in [1.165, 1.54) is 51.4 Å². The third-order valence-electron chi connectivity index (χ3n) is 2.76. The monoisotopic (exact) mass is 289 g/mol. The molecule has 2 nitrogen and oxygen atoms in total. The maximum absolute atomic E-state index is 10.8. The average molecular weight is 289 g/mol. The first-order valence-electron chi connectivity index (χ1n) is 6.51. The second-order valence-corrected chi connectivity index (χ2v) is 7.60. The molecule has 0 aromatic rings. The Hall–Kier alpha value is 1.33. The van der Waals surface area contributed by atoms with Gasteiger partial charge in [0.05, 0.1) is 0 Å². The minimum absolute atomic E-state index is 0. The molecule has 0 aliphatic rings. The molecule has 17 heavy (non-hydrogen) atoms. The van der Waals surface area contributed by atoms with Gasteiger partial charge < -0.3 is 4.55 Å². The van der Waals surface area contributed by atoms with Crippen molar-refractivity contribution in [3.8, 4) is 0 Å². The summed E-state index contributed by atoms with van der Waals surface area (Å²) in [5.41, 5.74) is 0. The van der Waals surface area contributed by atoms with Gasteiger partial charge in [-0.3, -0.25) is 0 Å². The number of hydrogen-bond donors (Lipinski definition) is 1. The first-order chi connectivity index (χ1) is 7.56. The molecule has 0 spiro atoms. The predicted octanol–water partition coefficient (Wildman–Crippen LogP) is 3.75. The molecule has 1 radical (unpaired) electrons. The summed E-state index contributed by atoms with van der Waals surface area (Å²) < 4.78 is 19.7. The van der Waals surface area contributed by atoms with Gasteiger partial charge in [0.25, 0.3) is 0 Å². The van der Waals surface area contributed by atoms with Crippen molar-refractivity contribution in [1.29, 1.82) is 0 Å². The Kier molecular flexibility index (Phi) is 16.7. The predicted molar refractivity (Wildman–Crippen MR) is 80.6 cm³/mol. The van der Waals surface area contributed by atoms with Crippen LogP contribution in [-0.4, -0.2) is 44.1 Å². The van der Waals surface area contributed by atoms with E-state index in [2.05, 4.69) is 18.1 Å². The van der Waals surface area contributed by atoms with Gasteiger partial charge in [-0.2, -0.15) is 0 Å². The van der Waals surface area contributed by atoms with Crippen LogP contribution in [0.4, 0.5) is 0 Å². The molecule has 0 aliphatic heterocycles. The van der Waals surface area contributed by atoms with Crippen molar-refractivity contribution in [1.82, 2.24) is 0 Å². The van der Waals surface area contributed by atoms with Gasteiger partial charge in [-0.15, -0.1) is 0 Å². The zero-order valence-electron chi connectivity index (χ0n) is 11.5. The van der Waals surface area contributed by atoms with Gasteiger partial charge in [-0.05, 0) is 6.42 Å². The molecule has 5 heteroatoms. The van der Waals surface area contributed by atoms with E-state index < -0.39 is 8.77 Å². The van der Waals surface area contributed by atoms with Crippen molar-refractivity contribution in [2.45, 2.75) is 71.1 Å². The molecule has 0 bridgehead atoms. The topological polar surface area (TPSA) is 37.3 Å². The maximum atomic E-state index is 10.8. The van der Waals surface area contributed by atoms with Crippen LogP contribution in [0.1, 0.15) is 71.1 Å². The molecule has 1 atom stereocenters. The van der Waals surface area contributed by atoms with E-state index in [-0.39, 0.29) is 29.6 Å². The SMILES string of the molecule is CCCCCCCCCCCCS(=O)(O)=S.[Na]. The third kappa shape index (κ3) is 19.8. The van der Waals surface area contributed by atoms with Crippen molar-refractivity contribution in [2.24, 2.45) is 0 Å². The molecule has 0 saturated carbocycles. The Bertz CT molecular complexity index is 241. The van der Waals surface area contributed by atoms with E-state index in [1.54, 1.807) is 0 Å². The summed E-state index contributed by atoms with van der Waals surface area (Å²) in [5.74, 6) is 0.291. The van der Waals surface area contributed by atoms with Crippen molar-refractivity contribution >= 4 is 49.5 Å². The maximum Gasteiger partial charge on any atom is 0.141 e. The smallest absolute Gasteiger partial charge is 0.141 e. The molecule has 0 fully saturated rings. The molecule has 0 aromatic carbocycles. The largest absolute Gasteiger partial charge is 0.306 e. The van der Waals surface area contributed by atoms with Crippen molar-refractivity contribution in [2.75, 3.05) is 5.75 Å². The van der Waals surface area contributed by atoms with Gasteiger partial charge >= 0.3 is 0 Å². The summed E-state index contributed by atoms with van der Waals surface area (Å²) in [7, 11) is -2.90. The molecule has 0 aromatic heterocycles. The Morgan fingerprint density at radius 2 is 1.24 bits per heavy atom. The molecule has 1 unspecified atom stereocenters. The molecular weight excluding hydrogens is 263 g/mol. The van der Waals surface area contributed by atoms with Crippen LogP contribution in [0, 0.1) is 0 Å². The molecule has 1 N–H and O–H groups in total. The summed E-state index contributed by atoms with van der Waals surface area (Å²) in [4.78, 5) is 0. The average Bonchev–Trinajstić information content (AvgIpc) is 2.19. The number of rotatable bonds is 11.